The summed E-state index contributed by atoms with van der Waals surface area (Å²) in [5, 5.41) is 3.90. The third-order valence-electron chi connectivity index (χ3n) is 3.63. The molecule has 23 heavy (non-hydrogen) atoms. The van der Waals surface area contributed by atoms with Crippen molar-refractivity contribution >= 4 is 31.8 Å². The van der Waals surface area contributed by atoms with E-state index in [0.29, 0.717) is 12.1 Å². The van der Waals surface area contributed by atoms with Crippen molar-refractivity contribution in [3.63, 3.8) is 0 Å². The zero-order valence-corrected chi connectivity index (χ0v) is 14.9. The Kier molecular flexibility index (Phi) is 4.50. The summed E-state index contributed by atoms with van der Waals surface area (Å²) < 4.78 is 30.2. The van der Waals surface area contributed by atoms with Gasteiger partial charge < -0.3 is 0 Å². The molecule has 0 unspecified atom stereocenters. The Hall–Kier alpha value is -1.73. The third kappa shape index (κ3) is 3.61. The number of aryl methyl sites for hydroxylation is 2. The normalized spacial score (nSPS) is 16.2. The number of fused-ring (bicyclic) bond motifs is 1. The topological polar surface area (TPSA) is 68.6 Å². The van der Waals surface area contributed by atoms with Gasteiger partial charge in [0.15, 0.2) is 0 Å². The van der Waals surface area contributed by atoms with Crippen LogP contribution < -0.4 is 0 Å². The van der Waals surface area contributed by atoms with E-state index in [1.165, 1.54) is 12.1 Å². The van der Waals surface area contributed by atoms with E-state index < -0.39 is 10.1 Å². The van der Waals surface area contributed by atoms with Gasteiger partial charge in [-0.05, 0) is 60.3 Å². The summed E-state index contributed by atoms with van der Waals surface area (Å²) in [5.74, 6) is 0. The van der Waals surface area contributed by atoms with E-state index in [4.69, 9.17) is 4.28 Å². The van der Waals surface area contributed by atoms with E-state index in [-0.39, 0.29) is 4.90 Å². The van der Waals surface area contributed by atoms with Crippen molar-refractivity contribution < 1.29 is 12.7 Å². The van der Waals surface area contributed by atoms with Crippen LogP contribution in [0, 0.1) is 6.92 Å². The number of benzene rings is 1. The van der Waals surface area contributed by atoms with Crippen molar-refractivity contribution in [1.82, 2.24) is 4.98 Å². The quantitative estimate of drug-likeness (QED) is 0.745. The number of hydrogen-bond acceptors (Lipinski definition) is 5. The van der Waals surface area contributed by atoms with Crippen LogP contribution in [-0.2, 0) is 20.8 Å². The summed E-state index contributed by atoms with van der Waals surface area (Å²) in [4.78, 5) is 4.44. The molecule has 3 rings (SSSR count). The molecule has 0 spiro atoms. The molecular formula is C16H15BrN2O3S. The minimum absolute atomic E-state index is 0.0934. The molecule has 120 valence electrons. The second-order valence-corrected chi connectivity index (χ2v) is 7.83. The molecule has 1 aliphatic rings. The first-order chi connectivity index (χ1) is 11.0. The van der Waals surface area contributed by atoms with Crippen LogP contribution in [0.25, 0.3) is 0 Å². The number of pyridine rings is 1. The first-order valence-corrected chi connectivity index (χ1v) is 9.38. The Morgan fingerprint density at radius 3 is 2.70 bits per heavy atom. The Morgan fingerprint density at radius 2 is 1.96 bits per heavy atom. The highest BCUT2D eigenvalue weighted by Crippen LogP contribution is 2.24. The van der Waals surface area contributed by atoms with Gasteiger partial charge in [-0.15, -0.1) is 0 Å². The molecule has 0 saturated heterocycles. The molecule has 5 nitrogen and oxygen atoms in total. The van der Waals surface area contributed by atoms with Gasteiger partial charge in [-0.2, -0.15) is 8.42 Å². The van der Waals surface area contributed by atoms with Crippen molar-refractivity contribution in [1.29, 1.82) is 0 Å². The third-order valence-corrected chi connectivity index (χ3v) is 5.18. The van der Waals surface area contributed by atoms with Crippen LogP contribution in [0.3, 0.4) is 0 Å². The molecular weight excluding hydrogens is 380 g/mol. The molecule has 2 aromatic rings. The zero-order chi connectivity index (χ0) is 16.4. The average Bonchev–Trinajstić information content (AvgIpc) is 2.53. The Balaban J connectivity index is 1.89. The largest absolute Gasteiger partial charge is 0.358 e. The second kappa shape index (κ2) is 6.41. The van der Waals surface area contributed by atoms with Gasteiger partial charge in [-0.3, -0.25) is 9.27 Å². The highest BCUT2D eigenvalue weighted by molar-refractivity contribution is 9.10. The van der Waals surface area contributed by atoms with Gasteiger partial charge in [-0.1, -0.05) is 22.9 Å². The van der Waals surface area contributed by atoms with Crippen LogP contribution in [0.4, 0.5) is 0 Å². The van der Waals surface area contributed by atoms with Crippen molar-refractivity contribution in [3.05, 3.63) is 57.8 Å². The Bertz CT molecular complexity index is 861. The molecule has 0 saturated carbocycles. The molecule has 1 aromatic carbocycles. The first-order valence-electron chi connectivity index (χ1n) is 7.18. The molecule has 0 amide bonds. The number of hydrogen-bond donors (Lipinski definition) is 0. The average molecular weight is 395 g/mol. The maximum absolute atomic E-state index is 12.2. The van der Waals surface area contributed by atoms with Crippen molar-refractivity contribution in [3.8, 4) is 0 Å². The van der Waals surface area contributed by atoms with E-state index in [9.17, 15) is 8.42 Å². The van der Waals surface area contributed by atoms with E-state index in [1.54, 1.807) is 18.3 Å². The maximum Gasteiger partial charge on any atom is 0.358 e. The fraction of sp³-hybridized carbons (Fsp3) is 0.250. The lowest BCUT2D eigenvalue weighted by atomic mass is 9.94. The Morgan fingerprint density at radius 1 is 1.22 bits per heavy atom. The van der Waals surface area contributed by atoms with E-state index >= 15 is 0 Å². The summed E-state index contributed by atoms with van der Waals surface area (Å²) in [7, 11) is -3.91. The molecule has 1 aromatic heterocycles. The molecule has 0 atom stereocenters. The van der Waals surface area contributed by atoms with Crippen molar-refractivity contribution in [2.24, 2.45) is 5.16 Å². The van der Waals surface area contributed by atoms with E-state index in [0.717, 1.165) is 34.1 Å². The van der Waals surface area contributed by atoms with Crippen molar-refractivity contribution in [2.45, 2.75) is 31.1 Å². The number of rotatable bonds is 3. The van der Waals surface area contributed by atoms with Gasteiger partial charge in [0.1, 0.15) is 4.90 Å². The predicted molar refractivity (Wildman–Crippen MR) is 90.9 cm³/mol. The highest BCUT2D eigenvalue weighted by Gasteiger charge is 2.20. The van der Waals surface area contributed by atoms with Gasteiger partial charge in [-0.25, -0.2) is 0 Å². The van der Waals surface area contributed by atoms with Gasteiger partial charge in [0.25, 0.3) is 0 Å². The zero-order valence-electron chi connectivity index (χ0n) is 12.5. The summed E-state index contributed by atoms with van der Waals surface area (Å²) >= 11 is 3.38. The number of halogens is 1. The van der Waals surface area contributed by atoms with Crippen LogP contribution in [-0.4, -0.2) is 19.1 Å². The standard InChI is InChI=1S/C16H15BrN2O3S/c1-11-5-7-13(8-6-11)23(20,21)22-19-16-4-2-3-15-14(16)9-12(17)10-18-15/h5-10H,2-4H2,1H3/b19-16-. The Labute approximate surface area is 143 Å². The first kappa shape index (κ1) is 16.1. The molecule has 0 radical (unpaired) electrons. The van der Waals surface area contributed by atoms with Crippen LogP contribution in [0.2, 0.25) is 0 Å². The lowest BCUT2D eigenvalue weighted by Gasteiger charge is -2.16. The van der Waals surface area contributed by atoms with Gasteiger partial charge in [0.05, 0.1) is 5.71 Å². The van der Waals surface area contributed by atoms with Gasteiger partial charge in [0, 0.05) is 21.9 Å². The lowest BCUT2D eigenvalue weighted by Crippen LogP contribution is -2.15. The van der Waals surface area contributed by atoms with Crippen molar-refractivity contribution in [2.75, 3.05) is 0 Å². The van der Waals surface area contributed by atoms with Crippen LogP contribution >= 0.6 is 15.9 Å². The van der Waals surface area contributed by atoms with Gasteiger partial charge in [0.2, 0.25) is 0 Å². The van der Waals surface area contributed by atoms with E-state index in [1.807, 2.05) is 13.0 Å². The second-order valence-electron chi connectivity index (χ2n) is 5.38. The summed E-state index contributed by atoms with van der Waals surface area (Å²) in [6.45, 7) is 1.89. The van der Waals surface area contributed by atoms with Crippen LogP contribution in [0.5, 0.6) is 0 Å². The fourth-order valence-corrected chi connectivity index (χ4v) is 3.49. The molecule has 0 aliphatic heterocycles. The summed E-state index contributed by atoms with van der Waals surface area (Å²) in [5.41, 5.74) is 3.34. The SMILES string of the molecule is Cc1ccc(S(=O)(=O)O/N=C2/CCCc3ncc(Br)cc32)cc1. The number of aromatic nitrogens is 1. The smallest absolute Gasteiger partial charge is 0.264 e. The molecule has 0 N–H and O–H groups in total. The number of oxime groups is 1. The van der Waals surface area contributed by atoms with Crippen LogP contribution in [0.1, 0.15) is 29.7 Å². The monoisotopic (exact) mass is 394 g/mol. The maximum atomic E-state index is 12.2. The molecule has 7 heteroatoms. The highest BCUT2D eigenvalue weighted by atomic mass is 79.9. The lowest BCUT2D eigenvalue weighted by molar-refractivity contribution is 0.337. The minimum Gasteiger partial charge on any atom is -0.264 e. The molecule has 1 aliphatic carbocycles. The minimum atomic E-state index is -3.91. The van der Waals surface area contributed by atoms with Gasteiger partial charge >= 0.3 is 10.1 Å². The fourth-order valence-electron chi connectivity index (χ4n) is 2.41. The van der Waals surface area contributed by atoms with Crippen LogP contribution in [0.15, 0.2) is 51.1 Å². The van der Waals surface area contributed by atoms with E-state index in [2.05, 4.69) is 26.1 Å². The molecule has 0 bridgehead atoms. The molecule has 0 fully saturated rings. The summed E-state index contributed by atoms with van der Waals surface area (Å²) in [6, 6.07) is 8.36. The predicted octanol–water partition coefficient (Wildman–Crippen LogP) is 3.60. The number of nitrogens with zero attached hydrogens (tertiary/aromatic N) is 2. The molecule has 1 heterocycles. The summed E-state index contributed by atoms with van der Waals surface area (Å²) in [6.07, 6.45) is 4.11.